The summed E-state index contributed by atoms with van der Waals surface area (Å²) in [6.07, 6.45) is 3.50. The van der Waals surface area contributed by atoms with Crippen LogP contribution in [0.15, 0.2) is 42.5 Å². The van der Waals surface area contributed by atoms with E-state index < -0.39 is 0 Å². The Kier molecular flexibility index (Phi) is 5.90. The second kappa shape index (κ2) is 7.90. The van der Waals surface area contributed by atoms with Gasteiger partial charge in [-0.3, -0.25) is 0 Å². The molecular formula is C18H21FN2S. The molecule has 0 aliphatic carbocycles. The maximum atomic E-state index is 13.5. The first-order chi connectivity index (χ1) is 10.6. The first kappa shape index (κ1) is 16.4. The van der Waals surface area contributed by atoms with Crippen LogP contribution in [0.2, 0.25) is 0 Å². The normalized spacial score (nSPS) is 10.3. The summed E-state index contributed by atoms with van der Waals surface area (Å²) in [4.78, 5) is 0. The standard InChI is InChI=1S/C18H21FN2S/c1-3-4-5-14-7-10-15(11-8-14)20-18(22)21-16-9-6-13(2)17(19)12-16/h6-12H,3-5H2,1-2H3,(H2,20,21,22). The Morgan fingerprint density at radius 2 is 1.68 bits per heavy atom. The molecule has 0 spiro atoms. The summed E-state index contributed by atoms with van der Waals surface area (Å²) in [5.74, 6) is -0.243. The lowest BCUT2D eigenvalue weighted by molar-refractivity contribution is 0.619. The van der Waals surface area contributed by atoms with Crippen molar-refractivity contribution in [1.29, 1.82) is 0 Å². The molecule has 2 N–H and O–H groups in total. The van der Waals surface area contributed by atoms with Gasteiger partial charge in [0.1, 0.15) is 5.82 Å². The van der Waals surface area contributed by atoms with Gasteiger partial charge in [0.25, 0.3) is 0 Å². The quantitative estimate of drug-likeness (QED) is 0.733. The van der Waals surface area contributed by atoms with Gasteiger partial charge in [-0.1, -0.05) is 31.5 Å². The van der Waals surface area contributed by atoms with Gasteiger partial charge in [0.05, 0.1) is 0 Å². The number of rotatable bonds is 5. The molecule has 22 heavy (non-hydrogen) atoms. The maximum Gasteiger partial charge on any atom is 0.175 e. The van der Waals surface area contributed by atoms with Crippen LogP contribution in [0.25, 0.3) is 0 Å². The van der Waals surface area contributed by atoms with E-state index in [-0.39, 0.29) is 5.82 Å². The molecule has 0 atom stereocenters. The van der Waals surface area contributed by atoms with Crippen molar-refractivity contribution in [1.82, 2.24) is 0 Å². The van der Waals surface area contributed by atoms with E-state index >= 15 is 0 Å². The predicted octanol–water partition coefficient (Wildman–Crippen LogP) is 5.29. The van der Waals surface area contributed by atoms with Crippen molar-refractivity contribution in [3.05, 3.63) is 59.4 Å². The predicted molar refractivity (Wildman–Crippen MR) is 96.0 cm³/mol. The summed E-state index contributed by atoms with van der Waals surface area (Å²) < 4.78 is 13.5. The van der Waals surface area contributed by atoms with Crippen LogP contribution in [0.5, 0.6) is 0 Å². The third-order valence-electron chi connectivity index (χ3n) is 3.46. The van der Waals surface area contributed by atoms with Gasteiger partial charge in [-0.05, 0) is 67.4 Å². The van der Waals surface area contributed by atoms with Crippen LogP contribution in [0.1, 0.15) is 30.9 Å². The molecule has 2 rings (SSSR count). The minimum absolute atomic E-state index is 0.243. The van der Waals surface area contributed by atoms with Crippen LogP contribution in [-0.2, 0) is 6.42 Å². The molecule has 0 aliphatic heterocycles. The number of nitrogens with one attached hydrogen (secondary N) is 2. The van der Waals surface area contributed by atoms with E-state index in [1.165, 1.54) is 24.5 Å². The largest absolute Gasteiger partial charge is 0.332 e. The van der Waals surface area contributed by atoms with Crippen LogP contribution in [0, 0.1) is 12.7 Å². The van der Waals surface area contributed by atoms with E-state index in [2.05, 4.69) is 29.7 Å². The second-order valence-electron chi connectivity index (χ2n) is 5.34. The Balaban J connectivity index is 1.92. The lowest BCUT2D eigenvalue weighted by Crippen LogP contribution is -2.19. The molecule has 0 fully saturated rings. The number of thiocarbonyl (C=S) groups is 1. The van der Waals surface area contributed by atoms with Crippen LogP contribution < -0.4 is 10.6 Å². The van der Waals surface area contributed by atoms with Gasteiger partial charge in [-0.2, -0.15) is 0 Å². The minimum atomic E-state index is -0.243. The molecule has 0 saturated heterocycles. The molecule has 2 aromatic rings. The highest BCUT2D eigenvalue weighted by molar-refractivity contribution is 7.80. The third-order valence-corrected chi connectivity index (χ3v) is 3.66. The highest BCUT2D eigenvalue weighted by Crippen LogP contribution is 2.15. The molecule has 0 aromatic heterocycles. The van der Waals surface area contributed by atoms with Gasteiger partial charge in [0.2, 0.25) is 0 Å². The molecule has 0 unspecified atom stereocenters. The molecule has 0 aliphatic rings. The average molecular weight is 316 g/mol. The molecule has 0 bridgehead atoms. The van der Waals surface area contributed by atoms with Gasteiger partial charge in [0, 0.05) is 11.4 Å². The Bertz CT molecular complexity index is 638. The number of benzene rings is 2. The van der Waals surface area contributed by atoms with Gasteiger partial charge in [-0.15, -0.1) is 0 Å². The smallest absolute Gasteiger partial charge is 0.175 e. The molecule has 0 heterocycles. The number of anilines is 2. The number of hydrogen-bond donors (Lipinski definition) is 2. The fourth-order valence-corrected chi connectivity index (χ4v) is 2.34. The molecule has 4 heteroatoms. The van der Waals surface area contributed by atoms with E-state index in [4.69, 9.17) is 12.2 Å². The Morgan fingerprint density at radius 1 is 1.05 bits per heavy atom. The summed E-state index contributed by atoms with van der Waals surface area (Å²) in [6, 6.07) is 13.2. The summed E-state index contributed by atoms with van der Waals surface area (Å²) in [5.41, 5.74) is 3.50. The van der Waals surface area contributed by atoms with Crippen molar-refractivity contribution in [3.8, 4) is 0 Å². The summed E-state index contributed by atoms with van der Waals surface area (Å²) in [5, 5.41) is 6.54. The topological polar surface area (TPSA) is 24.1 Å². The Morgan fingerprint density at radius 3 is 2.32 bits per heavy atom. The van der Waals surface area contributed by atoms with Crippen LogP contribution in [0.3, 0.4) is 0 Å². The summed E-state index contributed by atoms with van der Waals surface area (Å²) in [6.45, 7) is 3.92. The van der Waals surface area contributed by atoms with Crippen molar-refractivity contribution in [2.24, 2.45) is 0 Å². The Labute approximate surface area is 136 Å². The Hall–Kier alpha value is -1.94. The summed E-state index contributed by atoms with van der Waals surface area (Å²) in [7, 11) is 0. The molecule has 2 nitrogen and oxygen atoms in total. The lowest BCUT2D eigenvalue weighted by atomic mass is 10.1. The van der Waals surface area contributed by atoms with Crippen molar-refractivity contribution in [3.63, 3.8) is 0 Å². The zero-order valence-corrected chi connectivity index (χ0v) is 13.8. The van der Waals surface area contributed by atoms with E-state index in [1.807, 2.05) is 12.1 Å². The number of halogens is 1. The lowest BCUT2D eigenvalue weighted by Gasteiger charge is -2.11. The zero-order valence-electron chi connectivity index (χ0n) is 12.9. The van der Waals surface area contributed by atoms with Crippen molar-refractivity contribution >= 4 is 28.7 Å². The van der Waals surface area contributed by atoms with E-state index in [1.54, 1.807) is 19.1 Å². The van der Waals surface area contributed by atoms with Gasteiger partial charge >= 0.3 is 0 Å². The zero-order chi connectivity index (χ0) is 15.9. The first-order valence-corrected chi connectivity index (χ1v) is 7.92. The molecule has 116 valence electrons. The van der Waals surface area contributed by atoms with Crippen LogP contribution >= 0.6 is 12.2 Å². The first-order valence-electron chi connectivity index (χ1n) is 7.51. The minimum Gasteiger partial charge on any atom is -0.332 e. The monoisotopic (exact) mass is 316 g/mol. The van der Waals surface area contributed by atoms with Crippen LogP contribution in [0.4, 0.5) is 15.8 Å². The average Bonchev–Trinajstić information content (AvgIpc) is 2.50. The molecule has 0 amide bonds. The second-order valence-corrected chi connectivity index (χ2v) is 5.75. The fraction of sp³-hybridized carbons (Fsp3) is 0.278. The fourth-order valence-electron chi connectivity index (χ4n) is 2.10. The highest BCUT2D eigenvalue weighted by atomic mass is 32.1. The number of hydrogen-bond acceptors (Lipinski definition) is 1. The highest BCUT2D eigenvalue weighted by Gasteiger charge is 2.02. The third kappa shape index (κ3) is 4.81. The van der Waals surface area contributed by atoms with E-state index in [0.717, 1.165) is 12.1 Å². The van der Waals surface area contributed by atoms with Crippen molar-refractivity contribution in [2.75, 3.05) is 10.6 Å². The SMILES string of the molecule is CCCCc1ccc(NC(=S)Nc2ccc(C)c(F)c2)cc1. The van der Waals surface area contributed by atoms with E-state index in [9.17, 15) is 4.39 Å². The molecular weight excluding hydrogens is 295 g/mol. The van der Waals surface area contributed by atoms with Crippen molar-refractivity contribution < 1.29 is 4.39 Å². The van der Waals surface area contributed by atoms with Crippen LogP contribution in [-0.4, -0.2) is 5.11 Å². The van der Waals surface area contributed by atoms with Gasteiger partial charge in [-0.25, -0.2) is 4.39 Å². The molecule has 0 radical (unpaired) electrons. The summed E-state index contributed by atoms with van der Waals surface area (Å²) >= 11 is 5.25. The molecule has 2 aromatic carbocycles. The van der Waals surface area contributed by atoms with Crippen molar-refractivity contribution in [2.45, 2.75) is 33.1 Å². The van der Waals surface area contributed by atoms with E-state index in [0.29, 0.717) is 16.4 Å². The van der Waals surface area contributed by atoms with Gasteiger partial charge < -0.3 is 10.6 Å². The molecule has 0 saturated carbocycles. The van der Waals surface area contributed by atoms with Gasteiger partial charge in [0.15, 0.2) is 5.11 Å². The maximum absolute atomic E-state index is 13.5. The number of aryl methyl sites for hydroxylation is 2. The number of unbranched alkanes of at least 4 members (excludes halogenated alkanes) is 1.